The molecule has 33 heavy (non-hydrogen) atoms. The molecule has 1 aliphatic rings. The summed E-state index contributed by atoms with van der Waals surface area (Å²) in [5, 5.41) is 14.7. The van der Waals surface area contributed by atoms with Crippen LogP contribution in [0, 0.1) is 5.92 Å². The Morgan fingerprint density at radius 1 is 1.09 bits per heavy atom. The number of ether oxygens (including phenoxy) is 1. The zero-order chi connectivity index (χ0) is 24.4. The van der Waals surface area contributed by atoms with Crippen LogP contribution in [0.15, 0.2) is 61.1 Å². The van der Waals surface area contributed by atoms with Crippen LogP contribution in [-0.4, -0.2) is 27.1 Å². The fourth-order valence-corrected chi connectivity index (χ4v) is 3.85. The maximum Gasteiger partial charge on any atom is 0.223 e. The van der Waals surface area contributed by atoms with Crippen LogP contribution in [0.4, 0.5) is 0 Å². The van der Waals surface area contributed by atoms with Crippen molar-refractivity contribution in [2.45, 2.75) is 53.1 Å². The molecule has 2 heterocycles. The number of carbonyl (C=O) groups excluding carboxylic acids is 1. The Morgan fingerprint density at radius 3 is 2.42 bits per heavy atom. The number of imidazole rings is 1. The minimum Gasteiger partial charge on any atom is -0.457 e. The highest BCUT2D eigenvalue weighted by Gasteiger charge is 2.34. The number of aromatic nitrogens is 2. The maximum atomic E-state index is 12.6. The Kier molecular flexibility index (Phi) is 9.67. The number of carbonyl (C=O) groups is 1. The van der Waals surface area contributed by atoms with E-state index < -0.39 is 5.60 Å². The number of aliphatic hydroxyl groups is 1. The van der Waals surface area contributed by atoms with Gasteiger partial charge in [-0.25, -0.2) is 4.98 Å². The van der Waals surface area contributed by atoms with Gasteiger partial charge >= 0.3 is 0 Å². The van der Waals surface area contributed by atoms with E-state index in [2.05, 4.69) is 10.3 Å². The number of aryl methyl sites for hydroxylation is 1. The van der Waals surface area contributed by atoms with E-state index in [1.807, 2.05) is 90.2 Å². The second-order valence-electron chi connectivity index (χ2n) is 7.67. The van der Waals surface area contributed by atoms with Crippen LogP contribution in [-0.2, 0) is 23.9 Å². The lowest BCUT2D eigenvalue weighted by atomic mass is 9.87. The summed E-state index contributed by atoms with van der Waals surface area (Å²) < 4.78 is 7.87. The SMILES string of the molecule is CC.CC.CC1Cc2cccc(c2)Oc2cccc(c2)C(O)(c2cncn2C)CCNC1=O. The van der Waals surface area contributed by atoms with Crippen molar-refractivity contribution in [2.24, 2.45) is 13.0 Å². The quantitative estimate of drug-likeness (QED) is 0.533. The molecule has 4 bridgehead atoms. The standard InChI is InChI=1S/C23H25N3O3.2C2H6/c1-16-11-17-5-3-7-19(12-17)29-20-8-4-6-18(13-20)23(28,9-10-25-22(16)27)21-14-24-15-26(21)2;2*1-2/h3-8,12-16,28H,9-11H2,1-2H3,(H,25,27);2*1-2H3. The van der Waals surface area contributed by atoms with Crippen molar-refractivity contribution in [3.63, 3.8) is 0 Å². The molecule has 1 aliphatic heterocycles. The zero-order valence-electron chi connectivity index (χ0n) is 20.6. The van der Waals surface area contributed by atoms with Gasteiger partial charge in [0.05, 0.1) is 18.2 Å². The molecule has 0 radical (unpaired) electrons. The van der Waals surface area contributed by atoms with Crippen molar-refractivity contribution in [3.05, 3.63) is 77.9 Å². The number of rotatable bonds is 1. The molecule has 1 aromatic heterocycles. The highest BCUT2D eigenvalue weighted by atomic mass is 16.5. The average Bonchev–Trinajstić information content (AvgIpc) is 3.28. The smallest absolute Gasteiger partial charge is 0.223 e. The first-order valence-electron chi connectivity index (χ1n) is 11.8. The number of fused-ring (bicyclic) bond motifs is 4. The van der Waals surface area contributed by atoms with Crippen LogP contribution in [0.25, 0.3) is 0 Å². The Labute approximate surface area is 197 Å². The number of benzene rings is 2. The fourth-order valence-electron chi connectivity index (χ4n) is 3.85. The van der Waals surface area contributed by atoms with Gasteiger partial charge in [0.2, 0.25) is 5.91 Å². The van der Waals surface area contributed by atoms with Gasteiger partial charge in [-0.1, -0.05) is 58.9 Å². The molecule has 0 fully saturated rings. The van der Waals surface area contributed by atoms with Crippen LogP contribution >= 0.6 is 0 Å². The number of nitrogens with zero attached hydrogens (tertiary/aromatic N) is 2. The summed E-state index contributed by atoms with van der Waals surface area (Å²) in [7, 11) is 1.85. The fraction of sp³-hybridized carbons (Fsp3) is 0.407. The first kappa shape index (κ1) is 26.1. The van der Waals surface area contributed by atoms with E-state index in [-0.39, 0.29) is 11.8 Å². The lowest BCUT2D eigenvalue weighted by molar-refractivity contribution is -0.124. The predicted molar refractivity (Wildman–Crippen MR) is 132 cm³/mol. The lowest BCUT2D eigenvalue weighted by Crippen LogP contribution is -2.37. The van der Waals surface area contributed by atoms with Gasteiger partial charge in [0.1, 0.15) is 17.1 Å². The van der Waals surface area contributed by atoms with Crippen molar-refractivity contribution in [1.82, 2.24) is 14.9 Å². The van der Waals surface area contributed by atoms with Crippen LogP contribution in [0.3, 0.4) is 0 Å². The highest BCUT2D eigenvalue weighted by Crippen LogP contribution is 2.35. The lowest BCUT2D eigenvalue weighted by Gasteiger charge is -2.30. The van der Waals surface area contributed by atoms with Gasteiger partial charge in [0.15, 0.2) is 0 Å². The molecule has 2 aromatic carbocycles. The van der Waals surface area contributed by atoms with E-state index in [0.29, 0.717) is 42.1 Å². The van der Waals surface area contributed by atoms with E-state index in [0.717, 1.165) is 5.56 Å². The Balaban J connectivity index is 0.000000914. The molecule has 0 saturated carbocycles. The van der Waals surface area contributed by atoms with E-state index in [1.54, 1.807) is 17.1 Å². The predicted octanol–water partition coefficient (Wildman–Crippen LogP) is 5.20. The summed E-state index contributed by atoms with van der Waals surface area (Å²) in [6.45, 7) is 10.3. The van der Waals surface area contributed by atoms with Gasteiger partial charge in [-0.3, -0.25) is 4.79 Å². The van der Waals surface area contributed by atoms with E-state index in [4.69, 9.17) is 4.74 Å². The van der Waals surface area contributed by atoms with Crippen molar-refractivity contribution in [1.29, 1.82) is 0 Å². The molecule has 2 N–H and O–H groups in total. The van der Waals surface area contributed by atoms with Gasteiger partial charge in [-0.15, -0.1) is 0 Å². The minimum absolute atomic E-state index is 0.0329. The molecule has 2 atom stereocenters. The average molecular weight is 452 g/mol. The van der Waals surface area contributed by atoms with Gasteiger partial charge in [0, 0.05) is 25.9 Å². The number of hydrogen-bond donors (Lipinski definition) is 2. The van der Waals surface area contributed by atoms with Crippen molar-refractivity contribution >= 4 is 5.91 Å². The molecule has 2 unspecified atom stereocenters. The molecule has 0 aliphatic carbocycles. The summed E-state index contributed by atoms with van der Waals surface area (Å²) in [4.78, 5) is 16.7. The molecular formula is C27H37N3O3. The molecule has 0 spiro atoms. The molecule has 3 aromatic rings. The third-order valence-corrected chi connectivity index (χ3v) is 5.46. The minimum atomic E-state index is -1.31. The number of amides is 1. The van der Waals surface area contributed by atoms with Gasteiger partial charge < -0.3 is 19.7 Å². The molecule has 4 rings (SSSR count). The van der Waals surface area contributed by atoms with Gasteiger partial charge in [0.25, 0.3) is 0 Å². The van der Waals surface area contributed by atoms with Crippen LogP contribution in [0.5, 0.6) is 11.5 Å². The summed E-state index contributed by atoms with van der Waals surface area (Å²) in [6.07, 6.45) is 4.25. The Bertz CT molecular complexity index is 1030. The zero-order valence-corrected chi connectivity index (χ0v) is 20.6. The van der Waals surface area contributed by atoms with E-state index in [9.17, 15) is 9.90 Å². The third-order valence-electron chi connectivity index (χ3n) is 5.46. The van der Waals surface area contributed by atoms with Crippen LogP contribution in [0.2, 0.25) is 0 Å². The van der Waals surface area contributed by atoms with Crippen molar-refractivity contribution in [3.8, 4) is 11.5 Å². The second-order valence-corrected chi connectivity index (χ2v) is 7.67. The molecule has 1 amide bonds. The van der Waals surface area contributed by atoms with Crippen molar-refractivity contribution in [2.75, 3.05) is 6.54 Å². The summed E-state index contributed by atoms with van der Waals surface area (Å²) in [6, 6.07) is 15.2. The van der Waals surface area contributed by atoms with Crippen molar-refractivity contribution < 1.29 is 14.6 Å². The first-order valence-corrected chi connectivity index (χ1v) is 11.8. The van der Waals surface area contributed by atoms with Crippen LogP contribution in [0.1, 0.15) is 57.9 Å². The number of hydrogen-bond acceptors (Lipinski definition) is 4. The molecule has 178 valence electrons. The Morgan fingerprint density at radius 2 is 1.76 bits per heavy atom. The van der Waals surface area contributed by atoms with Crippen LogP contribution < -0.4 is 10.1 Å². The van der Waals surface area contributed by atoms with E-state index >= 15 is 0 Å². The third kappa shape index (κ3) is 6.23. The normalized spacial score (nSPS) is 20.0. The number of nitrogens with one attached hydrogen (secondary N) is 1. The largest absolute Gasteiger partial charge is 0.457 e. The topological polar surface area (TPSA) is 76.4 Å². The molecular weight excluding hydrogens is 414 g/mol. The van der Waals surface area contributed by atoms with Gasteiger partial charge in [-0.2, -0.15) is 0 Å². The molecule has 6 nitrogen and oxygen atoms in total. The Hall–Kier alpha value is -3.12. The first-order chi connectivity index (χ1) is 16.0. The summed E-state index contributed by atoms with van der Waals surface area (Å²) in [5.41, 5.74) is 1.08. The monoisotopic (exact) mass is 451 g/mol. The van der Waals surface area contributed by atoms with E-state index in [1.165, 1.54) is 0 Å². The highest BCUT2D eigenvalue weighted by molar-refractivity contribution is 5.78. The second kappa shape index (κ2) is 12.2. The molecule has 0 saturated heterocycles. The summed E-state index contributed by atoms with van der Waals surface area (Å²) >= 11 is 0. The molecule has 6 heteroatoms. The van der Waals surface area contributed by atoms with Gasteiger partial charge in [-0.05, 0) is 41.8 Å². The maximum absolute atomic E-state index is 12.6. The summed E-state index contributed by atoms with van der Waals surface area (Å²) in [5.74, 6) is 1.13.